The number of aromatic nitrogens is 2. The number of halogens is 1. The van der Waals surface area contributed by atoms with Crippen LogP contribution >= 0.6 is 0 Å². The number of hydrogen-bond acceptors (Lipinski definition) is 4. The second-order valence-corrected chi connectivity index (χ2v) is 8.49. The van der Waals surface area contributed by atoms with Gasteiger partial charge in [0, 0.05) is 24.1 Å². The average Bonchev–Trinajstić information content (AvgIpc) is 3.15. The van der Waals surface area contributed by atoms with E-state index in [1.54, 1.807) is 36.9 Å². The van der Waals surface area contributed by atoms with E-state index in [0.717, 1.165) is 23.8 Å². The largest absolute Gasteiger partial charge is 0.322 e. The molecular weight excluding hydrogens is 395 g/mol. The average molecular weight is 416 g/mol. The Hall–Kier alpha value is -3.04. The molecule has 0 atom stereocenters. The fourth-order valence-corrected chi connectivity index (χ4v) is 3.97. The minimum absolute atomic E-state index is 0.174. The zero-order valence-electron chi connectivity index (χ0n) is 16.0. The van der Waals surface area contributed by atoms with Crippen LogP contribution in [0.15, 0.2) is 65.8 Å². The Morgan fingerprint density at radius 3 is 2.52 bits per heavy atom. The van der Waals surface area contributed by atoms with Gasteiger partial charge in [0.2, 0.25) is 10.0 Å². The highest BCUT2D eigenvalue weighted by Crippen LogP contribution is 2.18. The van der Waals surface area contributed by atoms with Gasteiger partial charge in [0.25, 0.3) is 5.91 Å². The van der Waals surface area contributed by atoms with Gasteiger partial charge in [0.05, 0.1) is 17.0 Å². The first kappa shape index (κ1) is 20.7. The maximum Gasteiger partial charge on any atom is 0.258 e. The summed E-state index contributed by atoms with van der Waals surface area (Å²) in [7, 11) is -3.84. The Balaban J connectivity index is 1.75. The summed E-state index contributed by atoms with van der Waals surface area (Å²) in [5, 5.41) is 6.72. The third-order valence-corrected chi connectivity index (χ3v) is 5.66. The minimum atomic E-state index is -3.84. The molecule has 1 aromatic heterocycles. The normalized spacial score (nSPS) is 11.6. The maximum absolute atomic E-state index is 14.2. The van der Waals surface area contributed by atoms with Gasteiger partial charge in [-0.1, -0.05) is 12.1 Å². The van der Waals surface area contributed by atoms with E-state index in [9.17, 15) is 17.6 Å². The van der Waals surface area contributed by atoms with Gasteiger partial charge in [-0.25, -0.2) is 17.5 Å². The van der Waals surface area contributed by atoms with Gasteiger partial charge >= 0.3 is 0 Å². The quantitative estimate of drug-likeness (QED) is 0.619. The number of rotatable bonds is 7. The summed E-state index contributed by atoms with van der Waals surface area (Å²) in [6, 6.07) is 11.6. The molecule has 1 amide bonds. The van der Waals surface area contributed by atoms with Gasteiger partial charge in [-0.15, -0.1) is 0 Å². The molecule has 0 spiro atoms. The van der Waals surface area contributed by atoms with Crippen LogP contribution in [0.4, 0.5) is 10.1 Å². The summed E-state index contributed by atoms with van der Waals surface area (Å²) in [5.41, 5.74) is 1.09. The molecular formula is C20H21FN4O3S. The van der Waals surface area contributed by atoms with Crippen LogP contribution in [0.25, 0.3) is 0 Å². The van der Waals surface area contributed by atoms with Crippen molar-refractivity contribution in [3.05, 3.63) is 77.9 Å². The Bertz CT molecular complexity index is 1100. The fraction of sp³-hybridized carbons (Fsp3) is 0.200. The number of amides is 1. The van der Waals surface area contributed by atoms with Crippen LogP contribution in [0.5, 0.6) is 0 Å². The summed E-state index contributed by atoms with van der Waals surface area (Å²) >= 11 is 0. The van der Waals surface area contributed by atoms with Crippen molar-refractivity contribution >= 4 is 21.6 Å². The summed E-state index contributed by atoms with van der Waals surface area (Å²) in [5.74, 6) is -1.54. The van der Waals surface area contributed by atoms with Gasteiger partial charge in [-0.05, 0) is 55.8 Å². The highest BCUT2D eigenvalue weighted by atomic mass is 32.2. The molecule has 0 bridgehead atoms. The predicted octanol–water partition coefficient (Wildman–Crippen LogP) is 3.01. The topological polar surface area (TPSA) is 93.1 Å². The Kier molecular flexibility index (Phi) is 6.09. The van der Waals surface area contributed by atoms with E-state index in [2.05, 4.69) is 15.1 Å². The first-order chi connectivity index (χ1) is 13.7. The van der Waals surface area contributed by atoms with Crippen molar-refractivity contribution in [3.63, 3.8) is 0 Å². The van der Waals surface area contributed by atoms with Crippen molar-refractivity contribution in [3.8, 4) is 0 Å². The van der Waals surface area contributed by atoms with Crippen LogP contribution in [0.1, 0.15) is 29.8 Å². The number of nitrogens with zero attached hydrogens (tertiary/aromatic N) is 2. The molecule has 1 heterocycles. The molecule has 2 N–H and O–H groups in total. The van der Waals surface area contributed by atoms with Crippen molar-refractivity contribution in [2.24, 2.45) is 0 Å². The molecule has 0 fully saturated rings. The van der Waals surface area contributed by atoms with E-state index >= 15 is 0 Å². The highest BCUT2D eigenvalue weighted by molar-refractivity contribution is 7.89. The molecule has 152 valence electrons. The predicted molar refractivity (Wildman–Crippen MR) is 108 cm³/mol. The smallest absolute Gasteiger partial charge is 0.258 e. The Morgan fingerprint density at radius 2 is 1.90 bits per heavy atom. The van der Waals surface area contributed by atoms with E-state index < -0.39 is 21.7 Å². The zero-order valence-corrected chi connectivity index (χ0v) is 16.8. The van der Waals surface area contributed by atoms with Crippen molar-refractivity contribution in [1.82, 2.24) is 14.5 Å². The minimum Gasteiger partial charge on any atom is -0.322 e. The summed E-state index contributed by atoms with van der Waals surface area (Å²) in [6.07, 6.45) is 3.53. The van der Waals surface area contributed by atoms with Crippen LogP contribution in [-0.4, -0.2) is 30.1 Å². The molecule has 0 aliphatic heterocycles. The second-order valence-electron chi connectivity index (χ2n) is 6.77. The second kappa shape index (κ2) is 8.54. The standard InChI is InChI=1S/C20H21FN4O3S/c1-14(2)24-29(27,28)17-8-9-19(21)18(12-17)20(26)23-16-6-4-15(5-7-16)13-25-11-3-10-22-25/h3-12,14,24H,13H2,1-2H3,(H,23,26). The highest BCUT2D eigenvalue weighted by Gasteiger charge is 2.20. The van der Waals surface area contributed by atoms with E-state index in [1.165, 1.54) is 0 Å². The first-order valence-electron chi connectivity index (χ1n) is 8.94. The molecule has 9 heteroatoms. The van der Waals surface area contributed by atoms with Crippen LogP contribution in [0.3, 0.4) is 0 Å². The number of carbonyl (C=O) groups excluding carboxylic acids is 1. The van der Waals surface area contributed by atoms with Gasteiger partial charge in [-0.3, -0.25) is 9.48 Å². The number of sulfonamides is 1. The van der Waals surface area contributed by atoms with E-state index in [4.69, 9.17) is 0 Å². The molecule has 29 heavy (non-hydrogen) atoms. The molecule has 3 rings (SSSR count). The zero-order chi connectivity index (χ0) is 21.0. The number of nitrogens with one attached hydrogen (secondary N) is 2. The first-order valence-corrected chi connectivity index (χ1v) is 10.4. The number of anilines is 1. The maximum atomic E-state index is 14.2. The summed E-state index contributed by atoms with van der Waals surface area (Å²) < 4.78 is 42.9. The van der Waals surface area contributed by atoms with Gasteiger partial charge in [0.15, 0.2) is 0 Å². The van der Waals surface area contributed by atoms with Crippen LogP contribution in [0.2, 0.25) is 0 Å². The lowest BCUT2D eigenvalue weighted by Crippen LogP contribution is -2.30. The van der Waals surface area contributed by atoms with E-state index in [0.29, 0.717) is 12.2 Å². The van der Waals surface area contributed by atoms with Crippen molar-refractivity contribution in [1.29, 1.82) is 0 Å². The summed E-state index contributed by atoms with van der Waals surface area (Å²) in [6.45, 7) is 3.92. The number of benzene rings is 2. The third kappa shape index (κ3) is 5.27. The van der Waals surface area contributed by atoms with Gasteiger partial charge in [0.1, 0.15) is 5.82 Å². The molecule has 0 aliphatic rings. The fourth-order valence-electron chi connectivity index (χ4n) is 2.70. The lowest BCUT2D eigenvalue weighted by atomic mass is 10.1. The van der Waals surface area contributed by atoms with E-state index in [-0.39, 0.29) is 16.5 Å². The molecule has 0 saturated heterocycles. The van der Waals surface area contributed by atoms with Crippen LogP contribution < -0.4 is 10.0 Å². The molecule has 0 aliphatic carbocycles. The molecule has 7 nitrogen and oxygen atoms in total. The lowest BCUT2D eigenvalue weighted by Gasteiger charge is -2.12. The molecule has 0 saturated carbocycles. The monoisotopic (exact) mass is 416 g/mol. The summed E-state index contributed by atoms with van der Waals surface area (Å²) in [4.78, 5) is 12.3. The molecule has 0 radical (unpaired) electrons. The molecule has 3 aromatic rings. The number of carbonyl (C=O) groups is 1. The van der Waals surface area contributed by atoms with Crippen molar-refractivity contribution in [2.75, 3.05) is 5.32 Å². The van der Waals surface area contributed by atoms with Crippen molar-refractivity contribution in [2.45, 2.75) is 31.3 Å². The Labute approximate surface area is 168 Å². The van der Waals surface area contributed by atoms with Crippen molar-refractivity contribution < 1.29 is 17.6 Å². The lowest BCUT2D eigenvalue weighted by molar-refractivity contribution is 0.102. The third-order valence-electron chi connectivity index (χ3n) is 4.00. The number of hydrogen-bond donors (Lipinski definition) is 2. The van der Waals surface area contributed by atoms with Gasteiger partial charge < -0.3 is 5.32 Å². The van der Waals surface area contributed by atoms with Crippen LogP contribution in [0, 0.1) is 5.82 Å². The van der Waals surface area contributed by atoms with Crippen LogP contribution in [-0.2, 0) is 16.6 Å². The molecule has 0 unspecified atom stereocenters. The van der Waals surface area contributed by atoms with E-state index in [1.807, 2.05) is 24.4 Å². The SMILES string of the molecule is CC(C)NS(=O)(=O)c1ccc(F)c(C(=O)Nc2ccc(Cn3cccn3)cc2)c1. The van der Waals surface area contributed by atoms with Gasteiger partial charge in [-0.2, -0.15) is 5.10 Å². The Morgan fingerprint density at radius 1 is 1.17 bits per heavy atom. The molecule has 2 aromatic carbocycles.